The van der Waals surface area contributed by atoms with Gasteiger partial charge in [-0.15, -0.1) is 0 Å². The van der Waals surface area contributed by atoms with Crippen LogP contribution in [0.25, 0.3) is 11.2 Å². The van der Waals surface area contributed by atoms with Gasteiger partial charge in [0.2, 0.25) is 0 Å². The number of aromatic nitrogens is 4. The number of aliphatic hydroxyl groups excluding tert-OH is 1. The van der Waals surface area contributed by atoms with Gasteiger partial charge >= 0.3 is 8.25 Å². The highest BCUT2D eigenvalue weighted by Crippen LogP contribution is 2.33. The predicted molar refractivity (Wildman–Crippen MR) is 101 cm³/mol. The second-order valence-corrected chi connectivity index (χ2v) is 7.23. The quantitative estimate of drug-likeness (QED) is 0.500. The molecule has 2 aromatic heterocycles. The predicted octanol–water partition coefficient (Wildman–Crippen LogP) is 1.49. The Kier molecular flexibility index (Phi) is 5.65. The van der Waals surface area contributed by atoms with Gasteiger partial charge < -0.3 is 24.6 Å². The molecule has 1 saturated heterocycles. The van der Waals surface area contributed by atoms with E-state index in [0.717, 1.165) is 5.56 Å². The summed E-state index contributed by atoms with van der Waals surface area (Å²) in [6, 6.07) is 9.91. The average molecular weight is 405 g/mol. The van der Waals surface area contributed by atoms with Crippen molar-refractivity contribution < 1.29 is 23.8 Å². The number of benzene rings is 1. The van der Waals surface area contributed by atoms with Crippen LogP contribution >= 0.6 is 8.25 Å². The van der Waals surface area contributed by atoms with Crippen molar-refractivity contribution in [2.45, 2.75) is 31.4 Å². The van der Waals surface area contributed by atoms with E-state index in [1.54, 1.807) is 10.9 Å². The van der Waals surface area contributed by atoms with Gasteiger partial charge in [0, 0.05) is 13.0 Å². The fourth-order valence-electron chi connectivity index (χ4n) is 3.20. The van der Waals surface area contributed by atoms with Crippen molar-refractivity contribution in [1.29, 1.82) is 0 Å². The van der Waals surface area contributed by atoms with Crippen LogP contribution in [0.4, 0.5) is 5.82 Å². The van der Waals surface area contributed by atoms with E-state index in [1.165, 1.54) is 6.33 Å². The van der Waals surface area contributed by atoms with E-state index in [-0.39, 0.29) is 13.0 Å². The maximum atomic E-state index is 10.7. The van der Waals surface area contributed by atoms with E-state index in [4.69, 9.17) is 14.2 Å². The maximum Gasteiger partial charge on any atom is 0.316 e. The van der Waals surface area contributed by atoms with Crippen molar-refractivity contribution in [3.63, 3.8) is 0 Å². The summed E-state index contributed by atoms with van der Waals surface area (Å²) in [7, 11) is -3.04. The number of ether oxygens (including phenoxy) is 1. The largest absolute Gasteiger partial charge is 0.388 e. The van der Waals surface area contributed by atoms with Crippen molar-refractivity contribution in [1.82, 2.24) is 19.5 Å². The molecule has 1 aromatic carbocycles. The van der Waals surface area contributed by atoms with Gasteiger partial charge in [-0.05, 0) is 5.56 Å². The molecule has 11 heteroatoms. The third-order valence-electron chi connectivity index (χ3n) is 4.49. The molecule has 0 aliphatic carbocycles. The van der Waals surface area contributed by atoms with Crippen molar-refractivity contribution in [3.05, 3.63) is 48.5 Å². The van der Waals surface area contributed by atoms with Gasteiger partial charge in [-0.1, -0.05) is 30.3 Å². The Hall–Kier alpha value is -2.36. The Bertz CT molecular complexity index is 969. The minimum absolute atomic E-state index is 0.0622. The molecule has 0 bridgehead atoms. The molecular weight excluding hydrogens is 385 g/mol. The molecule has 4 rings (SSSR count). The number of aliphatic hydroxyl groups is 1. The molecule has 1 aliphatic rings. The maximum absolute atomic E-state index is 10.7. The summed E-state index contributed by atoms with van der Waals surface area (Å²) in [5.41, 5.74) is 2.19. The Morgan fingerprint density at radius 3 is 2.89 bits per heavy atom. The molecule has 28 heavy (non-hydrogen) atoms. The van der Waals surface area contributed by atoms with Gasteiger partial charge in [0.25, 0.3) is 0 Å². The van der Waals surface area contributed by atoms with Gasteiger partial charge in [-0.25, -0.2) is 15.0 Å². The first-order chi connectivity index (χ1) is 13.6. The highest BCUT2D eigenvalue weighted by Gasteiger charge is 2.36. The highest BCUT2D eigenvalue weighted by atomic mass is 31.1. The fraction of sp³-hybridized carbons (Fsp3) is 0.353. The van der Waals surface area contributed by atoms with Crippen LogP contribution in [-0.4, -0.2) is 48.3 Å². The number of nitrogens with zero attached hydrogens (tertiary/aromatic N) is 4. The minimum atomic E-state index is -3.04. The summed E-state index contributed by atoms with van der Waals surface area (Å²) in [6.07, 6.45) is 1.23. The van der Waals surface area contributed by atoms with Crippen molar-refractivity contribution in [2.24, 2.45) is 0 Å². The second kappa shape index (κ2) is 8.34. The molecule has 3 heterocycles. The van der Waals surface area contributed by atoms with Crippen LogP contribution in [0.3, 0.4) is 0 Å². The van der Waals surface area contributed by atoms with Gasteiger partial charge in [-0.2, -0.15) is 0 Å². The topological polar surface area (TPSA) is 132 Å². The molecule has 1 unspecified atom stereocenters. The third-order valence-corrected chi connectivity index (χ3v) is 4.91. The summed E-state index contributed by atoms with van der Waals surface area (Å²) in [5, 5.41) is 13.6. The van der Waals surface area contributed by atoms with E-state index < -0.39 is 26.7 Å². The summed E-state index contributed by atoms with van der Waals surface area (Å²) in [6.45, 7) is 0.523. The molecule has 10 nitrogen and oxygen atoms in total. The average Bonchev–Trinajstić information content (AvgIpc) is 3.29. The Morgan fingerprint density at radius 2 is 2.11 bits per heavy atom. The van der Waals surface area contributed by atoms with E-state index in [9.17, 15) is 9.67 Å². The molecule has 4 atom stereocenters. The zero-order valence-electron chi connectivity index (χ0n) is 14.8. The van der Waals surface area contributed by atoms with Crippen LogP contribution in [0.15, 0.2) is 43.0 Å². The Balaban J connectivity index is 1.52. The van der Waals surface area contributed by atoms with Crippen LogP contribution in [0.5, 0.6) is 0 Å². The highest BCUT2D eigenvalue weighted by molar-refractivity contribution is 7.32. The number of hydrogen-bond donors (Lipinski definition) is 3. The molecule has 148 valence electrons. The first-order valence-corrected chi connectivity index (χ1v) is 10.0. The SMILES string of the molecule is O=[PH](O)OC[C@@H]1C[C@@H](O)[C@H](n2cnc3c(NCc4ccccc4)ncnc32)O1. The normalized spacial score (nSPS) is 23.1. The van der Waals surface area contributed by atoms with Crippen molar-refractivity contribution >= 4 is 25.2 Å². The lowest BCUT2D eigenvalue weighted by Gasteiger charge is -2.16. The van der Waals surface area contributed by atoms with Crippen LogP contribution in [0.2, 0.25) is 0 Å². The van der Waals surface area contributed by atoms with Gasteiger partial charge in [-0.3, -0.25) is 9.13 Å². The zero-order chi connectivity index (χ0) is 19.5. The summed E-state index contributed by atoms with van der Waals surface area (Å²) >= 11 is 0. The van der Waals surface area contributed by atoms with E-state index in [1.807, 2.05) is 30.3 Å². The summed E-state index contributed by atoms with van der Waals surface area (Å²) < 4.78 is 22.9. The van der Waals surface area contributed by atoms with Crippen LogP contribution in [0.1, 0.15) is 18.2 Å². The standard InChI is InChI=1S/C17H20N5O5P/c23-13-6-12(8-26-28(24)25)27-17(13)22-10-21-14-15(19-9-20-16(14)22)18-7-11-4-2-1-3-5-11/h1-5,9-10,12-13,17,23,28H,6-8H2,(H,24,25)(H,18,19,20)/t12-,13+,17+/m0/s1. The number of rotatable bonds is 7. The number of hydrogen-bond acceptors (Lipinski definition) is 8. The lowest BCUT2D eigenvalue weighted by atomic mass is 10.2. The zero-order valence-corrected chi connectivity index (χ0v) is 15.8. The molecule has 0 radical (unpaired) electrons. The van der Waals surface area contributed by atoms with Gasteiger partial charge in [0.15, 0.2) is 23.2 Å². The first kappa shape index (κ1) is 19.0. The van der Waals surface area contributed by atoms with Gasteiger partial charge in [0.1, 0.15) is 12.4 Å². The number of imidazole rings is 1. The minimum Gasteiger partial charge on any atom is -0.388 e. The van der Waals surface area contributed by atoms with Crippen LogP contribution in [0, 0.1) is 0 Å². The van der Waals surface area contributed by atoms with Crippen molar-refractivity contribution in [3.8, 4) is 0 Å². The molecular formula is C17H20N5O5P. The van der Waals surface area contributed by atoms with E-state index in [2.05, 4.69) is 20.3 Å². The smallest absolute Gasteiger partial charge is 0.316 e. The molecule has 0 spiro atoms. The fourth-order valence-corrected chi connectivity index (χ4v) is 3.53. The first-order valence-electron chi connectivity index (χ1n) is 8.76. The van der Waals surface area contributed by atoms with E-state index in [0.29, 0.717) is 23.5 Å². The van der Waals surface area contributed by atoms with Crippen LogP contribution < -0.4 is 5.32 Å². The lowest BCUT2D eigenvalue weighted by molar-refractivity contribution is -0.0459. The summed E-state index contributed by atoms with van der Waals surface area (Å²) in [4.78, 5) is 21.7. The lowest BCUT2D eigenvalue weighted by Crippen LogP contribution is -2.19. The Labute approximate surface area is 161 Å². The van der Waals surface area contributed by atoms with E-state index >= 15 is 0 Å². The molecule has 3 N–H and O–H groups in total. The van der Waals surface area contributed by atoms with Gasteiger partial charge in [0.05, 0.1) is 19.0 Å². The van der Waals surface area contributed by atoms with Crippen LogP contribution in [-0.2, 0) is 20.4 Å². The molecule has 1 aliphatic heterocycles. The number of nitrogens with one attached hydrogen (secondary N) is 1. The Morgan fingerprint density at radius 1 is 1.29 bits per heavy atom. The third kappa shape index (κ3) is 4.06. The second-order valence-electron chi connectivity index (χ2n) is 6.41. The molecule has 0 saturated carbocycles. The molecule has 3 aromatic rings. The van der Waals surface area contributed by atoms with Crippen molar-refractivity contribution in [2.75, 3.05) is 11.9 Å². The molecule has 0 amide bonds. The monoisotopic (exact) mass is 405 g/mol. The molecule has 1 fully saturated rings. The summed E-state index contributed by atoms with van der Waals surface area (Å²) in [5.74, 6) is 0.582. The number of fused-ring (bicyclic) bond motifs is 1. The number of anilines is 1.